The van der Waals surface area contributed by atoms with Crippen molar-refractivity contribution in [1.82, 2.24) is 9.55 Å². The summed E-state index contributed by atoms with van der Waals surface area (Å²) in [6.07, 6.45) is 1.68. The van der Waals surface area contributed by atoms with E-state index in [1.165, 1.54) is 14.2 Å². The number of aromatic nitrogens is 2. The molecule has 3 rings (SSSR count). The fourth-order valence-electron chi connectivity index (χ4n) is 2.65. The highest BCUT2D eigenvalue weighted by Gasteiger charge is 2.22. The number of esters is 2. The van der Waals surface area contributed by atoms with E-state index in [-0.39, 0.29) is 28.0 Å². The van der Waals surface area contributed by atoms with E-state index in [2.05, 4.69) is 15.0 Å². The Morgan fingerprint density at radius 2 is 1.96 bits per heavy atom. The number of hydrogen-bond acceptors (Lipinski definition) is 7. The van der Waals surface area contributed by atoms with E-state index >= 15 is 0 Å². The molecule has 1 aromatic carbocycles. The van der Waals surface area contributed by atoms with Crippen LogP contribution in [-0.4, -0.2) is 41.6 Å². The number of anilines is 1. The summed E-state index contributed by atoms with van der Waals surface area (Å²) >= 11 is 0.948. The second kappa shape index (κ2) is 7.58. The third-order valence-corrected chi connectivity index (χ3v) is 4.99. The highest BCUT2D eigenvalue weighted by molar-refractivity contribution is 7.17. The number of hydrogen-bond donors (Lipinski definition) is 1. The average Bonchev–Trinajstić information content (AvgIpc) is 3.24. The van der Waals surface area contributed by atoms with E-state index in [0.29, 0.717) is 5.56 Å². The zero-order chi connectivity index (χ0) is 19.6. The molecule has 1 N–H and O–H groups in total. The summed E-state index contributed by atoms with van der Waals surface area (Å²) in [4.78, 5) is 40.5. The lowest BCUT2D eigenvalue weighted by Gasteiger charge is -2.04. The van der Waals surface area contributed by atoms with Crippen molar-refractivity contribution in [1.29, 1.82) is 0 Å². The topological polar surface area (TPSA) is 99.5 Å². The van der Waals surface area contributed by atoms with Crippen molar-refractivity contribution < 1.29 is 23.9 Å². The summed E-state index contributed by atoms with van der Waals surface area (Å²) in [5.41, 5.74) is 1.60. The zero-order valence-electron chi connectivity index (χ0n) is 14.9. The molecule has 0 radical (unpaired) electrons. The van der Waals surface area contributed by atoms with Gasteiger partial charge in [0.25, 0.3) is 5.91 Å². The van der Waals surface area contributed by atoms with Crippen LogP contribution in [0.25, 0.3) is 10.9 Å². The van der Waals surface area contributed by atoms with Crippen LogP contribution in [0.4, 0.5) is 5.13 Å². The smallest absolute Gasteiger partial charge is 0.350 e. The van der Waals surface area contributed by atoms with Gasteiger partial charge in [-0.3, -0.25) is 14.9 Å². The van der Waals surface area contributed by atoms with Gasteiger partial charge in [0.1, 0.15) is 4.88 Å². The summed E-state index contributed by atoms with van der Waals surface area (Å²) in [6.45, 7) is 0. The molecule has 0 aliphatic heterocycles. The van der Waals surface area contributed by atoms with Crippen LogP contribution in [0.3, 0.4) is 0 Å². The molecule has 0 spiro atoms. The van der Waals surface area contributed by atoms with Crippen molar-refractivity contribution in [3.05, 3.63) is 46.6 Å². The standard InChI is InChI=1S/C18H17N3O5S/c1-21-8-7-10-11(5-4-6-13(10)21)16(23)20-18-19-12(9-14(22)25-2)15(27-18)17(24)26-3/h4-8H,9H2,1-3H3,(H,19,20,23). The highest BCUT2D eigenvalue weighted by atomic mass is 32.1. The Labute approximate surface area is 158 Å². The van der Waals surface area contributed by atoms with E-state index in [9.17, 15) is 14.4 Å². The number of aryl methyl sites for hydroxylation is 1. The molecule has 8 nitrogen and oxygen atoms in total. The van der Waals surface area contributed by atoms with Gasteiger partial charge in [-0.2, -0.15) is 0 Å². The zero-order valence-corrected chi connectivity index (χ0v) is 15.8. The number of carbonyl (C=O) groups is 3. The van der Waals surface area contributed by atoms with E-state index in [1.807, 2.05) is 29.9 Å². The molecule has 0 bridgehead atoms. The van der Waals surface area contributed by atoms with Gasteiger partial charge in [0.15, 0.2) is 5.13 Å². The van der Waals surface area contributed by atoms with Gasteiger partial charge >= 0.3 is 11.9 Å². The van der Waals surface area contributed by atoms with Gasteiger partial charge in [-0.15, -0.1) is 0 Å². The van der Waals surface area contributed by atoms with Crippen molar-refractivity contribution in [3.63, 3.8) is 0 Å². The van der Waals surface area contributed by atoms with Gasteiger partial charge in [0, 0.05) is 29.7 Å². The lowest BCUT2D eigenvalue weighted by molar-refractivity contribution is -0.139. The molecule has 0 unspecified atom stereocenters. The Morgan fingerprint density at radius 1 is 1.19 bits per heavy atom. The normalized spacial score (nSPS) is 10.6. The summed E-state index contributed by atoms with van der Waals surface area (Å²) in [5.74, 6) is -1.53. The van der Waals surface area contributed by atoms with Gasteiger partial charge in [-0.1, -0.05) is 17.4 Å². The van der Waals surface area contributed by atoms with Crippen LogP contribution in [0.2, 0.25) is 0 Å². The van der Waals surface area contributed by atoms with Crippen molar-refractivity contribution in [2.24, 2.45) is 7.05 Å². The summed E-state index contributed by atoms with van der Waals surface area (Å²) < 4.78 is 11.3. The summed E-state index contributed by atoms with van der Waals surface area (Å²) in [7, 11) is 4.38. The quantitative estimate of drug-likeness (QED) is 0.675. The fourth-order valence-corrected chi connectivity index (χ4v) is 3.55. The molecule has 0 atom stereocenters. The maximum absolute atomic E-state index is 12.7. The minimum atomic E-state index is -0.628. The lowest BCUT2D eigenvalue weighted by atomic mass is 10.1. The number of benzene rings is 1. The molecular weight excluding hydrogens is 370 g/mol. The Bertz CT molecular complexity index is 1040. The van der Waals surface area contributed by atoms with Crippen molar-refractivity contribution in [3.8, 4) is 0 Å². The average molecular weight is 387 g/mol. The number of nitrogens with one attached hydrogen (secondary N) is 1. The number of amides is 1. The number of methoxy groups -OCH3 is 2. The van der Waals surface area contributed by atoms with Crippen LogP contribution in [-0.2, 0) is 27.7 Å². The minimum Gasteiger partial charge on any atom is -0.469 e. The summed E-state index contributed by atoms with van der Waals surface area (Å²) in [6, 6.07) is 7.28. The number of ether oxygens (including phenoxy) is 2. The van der Waals surface area contributed by atoms with E-state index in [4.69, 9.17) is 4.74 Å². The van der Waals surface area contributed by atoms with Gasteiger partial charge in [0.05, 0.1) is 26.3 Å². The van der Waals surface area contributed by atoms with E-state index in [1.54, 1.807) is 12.1 Å². The predicted octanol–water partition coefficient (Wildman–Crippen LogP) is 2.39. The molecule has 1 amide bonds. The molecule has 0 saturated heterocycles. The van der Waals surface area contributed by atoms with Gasteiger partial charge < -0.3 is 14.0 Å². The molecule has 2 aromatic heterocycles. The second-order valence-electron chi connectivity index (χ2n) is 5.66. The Balaban J connectivity index is 1.91. The number of carbonyl (C=O) groups excluding carboxylic acids is 3. The largest absolute Gasteiger partial charge is 0.469 e. The maximum Gasteiger partial charge on any atom is 0.350 e. The Morgan fingerprint density at radius 3 is 2.67 bits per heavy atom. The van der Waals surface area contributed by atoms with E-state index in [0.717, 1.165) is 22.2 Å². The van der Waals surface area contributed by atoms with Crippen LogP contribution in [0.15, 0.2) is 30.5 Å². The fraction of sp³-hybridized carbons (Fsp3) is 0.222. The summed E-state index contributed by atoms with van der Waals surface area (Å²) in [5, 5.41) is 3.69. The molecule has 9 heteroatoms. The maximum atomic E-state index is 12.7. The molecule has 3 aromatic rings. The van der Waals surface area contributed by atoms with Crippen molar-refractivity contribution in [2.45, 2.75) is 6.42 Å². The SMILES string of the molecule is COC(=O)Cc1nc(NC(=O)c2cccc3c2ccn3C)sc1C(=O)OC. The molecule has 27 heavy (non-hydrogen) atoms. The van der Waals surface area contributed by atoms with Gasteiger partial charge in [0.2, 0.25) is 0 Å². The lowest BCUT2D eigenvalue weighted by Crippen LogP contribution is -2.12. The van der Waals surface area contributed by atoms with Crippen LogP contribution in [0.1, 0.15) is 25.7 Å². The number of nitrogens with zero attached hydrogens (tertiary/aromatic N) is 2. The van der Waals surface area contributed by atoms with Gasteiger partial charge in [-0.05, 0) is 18.2 Å². The van der Waals surface area contributed by atoms with Crippen LogP contribution >= 0.6 is 11.3 Å². The second-order valence-corrected chi connectivity index (χ2v) is 6.66. The van der Waals surface area contributed by atoms with Crippen LogP contribution in [0.5, 0.6) is 0 Å². The molecule has 140 valence electrons. The molecular formula is C18H17N3O5S. The first-order valence-electron chi connectivity index (χ1n) is 7.94. The molecule has 2 heterocycles. The third-order valence-electron chi connectivity index (χ3n) is 4.00. The predicted molar refractivity (Wildman–Crippen MR) is 100 cm³/mol. The monoisotopic (exact) mass is 387 g/mol. The molecule has 0 fully saturated rings. The number of thiazole rings is 1. The third kappa shape index (κ3) is 3.68. The Kier molecular flexibility index (Phi) is 5.22. The molecule has 0 aliphatic rings. The molecule has 0 saturated carbocycles. The Hall–Kier alpha value is -3.20. The van der Waals surface area contributed by atoms with Crippen LogP contribution < -0.4 is 5.32 Å². The first-order valence-corrected chi connectivity index (χ1v) is 8.76. The number of rotatable bonds is 5. The van der Waals surface area contributed by atoms with Crippen molar-refractivity contribution >= 4 is 45.2 Å². The van der Waals surface area contributed by atoms with Crippen LogP contribution in [0, 0.1) is 0 Å². The first kappa shape index (κ1) is 18.6. The molecule has 0 aliphatic carbocycles. The first-order chi connectivity index (χ1) is 12.9. The van der Waals surface area contributed by atoms with Crippen molar-refractivity contribution in [2.75, 3.05) is 19.5 Å². The highest BCUT2D eigenvalue weighted by Crippen LogP contribution is 2.26. The minimum absolute atomic E-state index is 0.149. The number of fused-ring (bicyclic) bond motifs is 1. The van der Waals surface area contributed by atoms with Gasteiger partial charge in [-0.25, -0.2) is 9.78 Å². The van der Waals surface area contributed by atoms with E-state index < -0.39 is 11.9 Å².